The summed E-state index contributed by atoms with van der Waals surface area (Å²) < 4.78 is 13.8. The van der Waals surface area contributed by atoms with Crippen LogP contribution in [0.2, 0.25) is 0 Å². The predicted molar refractivity (Wildman–Crippen MR) is 92.4 cm³/mol. The van der Waals surface area contributed by atoms with Crippen LogP contribution in [0.15, 0.2) is 63.7 Å². The number of carbonyl (C=O) groups is 1. The summed E-state index contributed by atoms with van der Waals surface area (Å²) in [6.07, 6.45) is 3.06. The second kappa shape index (κ2) is 6.87. The van der Waals surface area contributed by atoms with Crippen molar-refractivity contribution in [3.63, 3.8) is 0 Å². The monoisotopic (exact) mass is 372 g/mol. The van der Waals surface area contributed by atoms with Crippen LogP contribution in [-0.4, -0.2) is 11.7 Å². The van der Waals surface area contributed by atoms with E-state index in [1.165, 1.54) is 12.1 Å². The number of amidine groups is 1. The summed E-state index contributed by atoms with van der Waals surface area (Å²) in [6, 6.07) is 14.0. The minimum Gasteiger partial charge on any atom is -0.309 e. The highest BCUT2D eigenvalue weighted by atomic mass is 79.9. The largest absolute Gasteiger partial charge is 0.309 e. The number of rotatable bonds is 4. The van der Waals surface area contributed by atoms with Crippen molar-refractivity contribution in [2.45, 2.75) is 12.8 Å². The normalized spacial score (nSPS) is 15.7. The number of carbonyl (C=O) groups excluding carboxylic acids is 1. The lowest BCUT2D eigenvalue weighted by Crippen LogP contribution is -2.24. The Labute approximate surface area is 142 Å². The molecule has 0 spiro atoms. The topological polar surface area (TPSA) is 41.5 Å². The lowest BCUT2D eigenvalue weighted by atomic mass is 10.1. The molecule has 23 heavy (non-hydrogen) atoms. The van der Waals surface area contributed by atoms with Crippen molar-refractivity contribution in [1.82, 2.24) is 5.32 Å². The van der Waals surface area contributed by atoms with Crippen LogP contribution in [0.4, 0.5) is 4.39 Å². The Morgan fingerprint density at radius 1 is 1.13 bits per heavy atom. The van der Waals surface area contributed by atoms with Gasteiger partial charge in [0, 0.05) is 10.9 Å². The first-order chi connectivity index (χ1) is 11.1. The maximum Gasteiger partial charge on any atom is 0.275 e. The van der Waals surface area contributed by atoms with Crippen molar-refractivity contribution in [3.8, 4) is 0 Å². The van der Waals surface area contributed by atoms with Gasteiger partial charge in [-0.15, -0.1) is 0 Å². The van der Waals surface area contributed by atoms with Crippen LogP contribution in [0, 0.1) is 5.82 Å². The number of halogens is 2. The zero-order chi connectivity index (χ0) is 16.2. The van der Waals surface area contributed by atoms with E-state index in [4.69, 9.17) is 0 Å². The number of amides is 1. The van der Waals surface area contributed by atoms with Crippen molar-refractivity contribution in [2.24, 2.45) is 4.99 Å². The number of nitrogens with zero attached hydrogens (tertiary/aromatic N) is 1. The van der Waals surface area contributed by atoms with Gasteiger partial charge in [-0.3, -0.25) is 4.79 Å². The summed E-state index contributed by atoms with van der Waals surface area (Å²) in [5.74, 6) is 0.194. The van der Waals surface area contributed by atoms with Crippen LogP contribution in [0.3, 0.4) is 0 Å². The van der Waals surface area contributed by atoms with E-state index >= 15 is 0 Å². The molecule has 1 aliphatic heterocycles. The van der Waals surface area contributed by atoms with Crippen LogP contribution in [0.25, 0.3) is 6.08 Å². The van der Waals surface area contributed by atoms with Gasteiger partial charge in [0.05, 0.1) is 0 Å². The Bertz CT molecular complexity index is 797. The molecule has 1 N–H and O–H groups in total. The van der Waals surface area contributed by atoms with E-state index in [0.29, 0.717) is 24.4 Å². The molecule has 1 amide bonds. The fourth-order valence-corrected chi connectivity index (χ4v) is 2.72. The third-order valence-electron chi connectivity index (χ3n) is 3.46. The highest BCUT2D eigenvalue weighted by Gasteiger charge is 2.19. The van der Waals surface area contributed by atoms with E-state index < -0.39 is 0 Å². The quantitative estimate of drug-likeness (QED) is 0.806. The van der Waals surface area contributed by atoms with E-state index in [0.717, 1.165) is 15.6 Å². The molecular weight excluding hydrogens is 359 g/mol. The fraction of sp³-hybridized carbons (Fsp3) is 0.111. The lowest BCUT2D eigenvalue weighted by Gasteiger charge is -2.01. The molecule has 1 aliphatic rings. The molecule has 116 valence electrons. The van der Waals surface area contributed by atoms with Crippen LogP contribution < -0.4 is 5.32 Å². The molecular formula is C18H14BrFN2O. The van der Waals surface area contributed by atoms with Gasteiger partial charge < -0.3 is 5.32 Å². The minimum atomic E-state index is -0.250. The van der Waals surface area contributed by atoms with Gasteiger partial charge in [0.2, 0.25) is 0 Å². The number of nitrogens with one attached hydrogen (secondary N) is 1. The molecule has 2 aromatic carbocycles. The molecule has 2 aromatic rings. The summed E-state index contributed by atoms with van der Waals surface area (Å²) >= 11 is 3.40. The SMILES string of the molecule is O=C1NC(CCc2ccc(F)cc2)=N/C1=C/c1cccc(Br)c1. The second-order valence-corrected chi connectivity index (χ2v) is 6.14. The molecule has 0 unspecified atom stereocenters. The lowest BCUT2D eigenvalue weighted by molar-refractivity contribution is -0.115. The van der Waals surface area contributed by atoms with E-state index in [1.54, 1.807) is 18.2 Å². The van der Waals surface area contributed by atoms with Crippen molar-refractivity contribution >= 4 is 33.7 Å². The highest BCUT2D eigenvalue weighted by molar-refractivity contribution is 9.10. The highest BCUT2D eigenvalue weighted by Crippen LogP contribution is 2.17. The Balaban J connectivity index is 1.70. The summed E-state index contributed by atoms with van der Waals surface area (Å²) in [7, 11) is 0. The molecule has 0 bridgehead atoms. The second-order valence-electron chi connectivity index (χ2n) is 5.22. The van der Waals surface area contributed by atoms with Gasteiger partial charge in [0.1, 0.15) is 17.3 Å². The molecule has 0 atom stereocenters. The average Bonchev–Trinajstić information content (AvgIpc) is 2.87. The molecule has 0 saturated carbocycles. The third-order valence-corrected chi connectivity index (χ3v) is 3.95. The standard InChI is InChI=1S/C18H14BrFN2O/c19-14-3-1-2-13(10-14)11-16-18(23)22-17(21-16)9-6-12-4-7-15(20)8-5-12/h1-5,7-8,10-11H,6,9H2,(H,21,22,23)/b16-11+. The first-order valence-corrected chi connectivity index (χ1v) is 8.00. The van der Waals surface area contributed by atoms with Crippen LogP contribution >= 0.6 is 15.9 Å². The molecule has 1 heterocycles. The third kappa shape index (κ3) is 4.13. The summed E-state index contributed by atoms with van der Waals surface area (Å²) in [5.41, 5.74) is 2.32. The van der Waals surface area contributed by atoms with Crippen LogP contribution in [-0.2, 0) is 11.2 Å². The fourth-order valence-electron chi connectivity index (χ4n) is 2.30. The number of benzene rings is 2. The first-order valence-electron chi connectivity index (χ1n) is 7.21. The van der Waals surface area contributed by atoms with Gasteiger partial charge >= 0.3 is 0 Å². The molecule has 0 aliphatic carbocycles. The minimum absolute atomic E-state index is 0.195. The molecule has 5 heteroatoms. The van der Waals surface area contributed by atoms with Crippen LogP contribution in [0.1, 0.15) is 17.5 Å². The molecule has 0 aromatic heterocycles. The van der Waals surface area contributed by atoms with Gasteiger partial charge in [-0.1, -0.05) is 40.2 Å². The van der Waals surface area contributed by atoms with E-state index in [-0.39, 0.29) is 11.7 Å². The maximum atomic E-state index is 12.9. The maximum absolute atomic E-state index is 12.9. The van der Waals surface area contributed by atoms with Gasteiger partial charge in [0.15, 0.2) is 0 Å². The number of aryl methyl sites for hydroxylation is 1. The predicted octanol–water partition coefficient (Wildman–Crippen LogP) is 4.09. The molecule has 3 nitrogen and oxygen atoms in total. The molecule has 0 radical (unpaired) electrons. The zero-order valence-corrected chi connectivity index (χ0v) is 13.8. The van der Waals surface area contributed by atoms with Gasteiger partial charge in [-0.05, 0) is 47.9 Å². The summed E-state index contributed by atoms with van der Waals surface area (Å²) in [5, 5.41) is 2.78. The Hall–Kier alpha value is -2.27. The Kier molecular flexibility index (Phi) is 4.67. The number of hydrogen-bond donors (Lipinski definition) is 1. The van der Waals surface area contributed by atoms with Crippen molar-refractivity contribution in [1.29, 1.82) is 0 Å². The number of hydrogen-bond acceptors (Lipinski definition) is 2. The first kappa shape index (κ1) is 15.6. The Morgan fingerprint density at radius 3 is 2.65 bits per heavy atom. The van der Waals surface area contributed by atoms with Gasteiger partial charge in [-0.25, -0.2) is 9.38 Å². The smallest absolute Gasteiger partial charge is 0.275 e. The summed E-state index contributed by atoms with van der Waals surface area (Å²) in [6.45, 7) is 0. The van der Waals surface area contributed by atoms with E-state index in [9.17, 15) is 9.18 Å². The molecule has 3 rings (SSSR count). The van der Waals surface area contributed by atoms with E-state index in [1.807, 2.05) is 24.3 Å². The zero-order valence-electron chi connectivity index (χ0n) is 12.2. The van der Waals surface area contributed by atoms with Crippen LogP contribution in [0.5, 0.6) is 0 Å². The van der Waals surface area contributed by atoms with Crippen molar-refractivity contribution in [2.75, 3.05) is 0 Å². The Morgan fingerprint density at radius 2 is 1.91 bits per heavy atom. The van der Waals surface area contributed by atoms with Crippen molar-refractivity contribution in [3.05, 3.63) is 75.6 Å². The van der Waals surface area contributed by atoms with Gasteiger partial charge in [-0.2, -0.15) is 0 Å². The van der Waals surface area contributed by atoms with E-state index in [2.05, 4.69) is 26.2 Å². The molecule has 0 fully saturated rings. The van der Waals surface area contributed by atoms with Crippen molar-refractivity contribution < 1.29 is 9.18 Å². The average molecular weight is 373 g/mol. The molecule has 0 saturated heterocycles. The van der Waals surface area contributed by atoms with Gasteiger partial charge in [0.25, 0.3) is 5.91 Å². The number of aliphatic imine (C=N–C) groups is 1. The summed E-state index contributed by atoms with van der Waals surface area (Å²) in [4.78, 5) is 16.3.